The average Bonchev–Trinajstić information content (AvgIpc) is 3.96. The van der Waals surface area contributed by atoms with Crippen molar-refractivity contribution in [2.75, 3.05) is 0 Å². The monoisotopic (exact) mass is 892 g/mol. The Balaban J connectivity index is 0.999. The van der Waals surface area contributed by atoms with Gasteiger partial charge in [-0.15, -0.1) is 0 Å². The quantitative estimate of drug-likeness (QED) is 0.152. The van der Waals surface area contributed by atoms with Crippen molar-refractivity contribution in [1.82, 2.24) is 24.1 Å². The summed E-state index contributed by atoms with van der Waals surface area (Å²) in [7, 11) is 0. The summed E-state index contributed by atoms with van der Waals surface area (Å²) in [6.45, 7) is 0. The van der Waals surface area contributed by atoms with Crippen LogP contribution in [0.3, 0.4) is 0 Å². The molecular weight excluding hydrogens is 853 g/mol. The molecule has 0 radical (unpaired) electrons. The first-order chi connectivity index (χ1) is 34.7. The number of para-hydroxylation sites is 4. The summed E-state index contributed by atoms with van der Waals surface area (Å²) < 4.78 is 4.56. The van der Waals surface area contributed by atoms with Gasteiger partial charge >= 0.3 is 0 Å². The fourth-order valence-electron chi connectivity index (χ4n) is 10.2. The third-order valence-corrected chi connectivity index (χ3v) is 13.4. The van der Waals surface area contributed by atoms with Crippen LogP contribution in [-0.4, -0.2) is 24.1 Å². The summed E-state index contributed by atoms with van der Waals surface area (Å²) in [5.74, 6) is 1.63. The van der Waals surface area contributed by atoms with Gasteiger partial charge in [0.1, 0.15) is 0 Å². The Hall–Kier alpha value is -9.70. The molecule has 13 aromatic rings. The third-order valence-electron chi connectivity index (χ3n) is 13.4. The lowest BCUT2D eigenvalue weighted by Crippen LogP contribution is -2.07. The summed E-state index contributed by atoms with van der Waals surface area (Å²) in [5.41, 5.74) is 16.4. The second-order valence-electron chi connectivity index (χ2n) is 17.5. The summed E-state index contributed by atoms with van der Waals surface area (Å²) in [6.07, 6.45) is 0. The first-order valence-electron chi connectivity index (χ1n) is 23.4. The molecule has 6 heteroatoms. The van der Waals surface area contributed by atoms with E-state index in [9.17, 15) is 5.26 Å². The topological polar surface area (TPSA) is 72.3 Å². The molecule has 0 aliphatic rings. The smallest absolute Gasteiger partial charge is 0.238 e. The fourth-order valence-corrected chi connectivity index (χ4v) is 10.2. The Labute approximate surface area is 404 Å². The van der Waals surface area contributed by atoms with Gasteiger partial charge in [0.15, 0.2) is 11.6 Å². The molecule has 0 amide bonds. The number of hydrogen-bond donors (Lipinski definition) is 0. The van der Waals surface area contributed by atoms with Gasteiger partial charge < -0.3 is 4.57 Å². The van der Waals surface area contributed by atoms with E-state index >= 15 is 0 Å². The molecule has 0 unspecified atom stereocenters. The highest BCUT2D eigenvalue weighted by atomic mass is 15.2. The van der Waals surface area contributed by atoms with E-state index in [2.05, 4.69) is 209 Å². The van der Waals surface area contributed by atoms with Gasteiger partial charge in [0, 0.05) is 43.8 Å². The van der Waals surface area contributed by atoms with Crippen LogP contribution in [0.2, 0.25) is 0 Å². The molecular formula is C64H40N6. The normalized spacial score (nSPS) is 11.4. The van der Waals surface area contributed by atoms with Gasteiger partial charge in [-0.1, -0.05) is 194 Å². The number of fused-ring (bicyclic) bond motifs is 6. The van der Waals surface area contributed by atoms with Gasteiger partial charge in [0.05, 0.1) is 39.4 Å². The van der Waals surface area contributed by atoms with Crippen molar-refractivity contribution in [2.45, 2.75) is 0 Å². The van der Waals surface area contributed by atoms with Crippen LogP contribution in [0, 0.1) is 11.3 Å². The molecule has 13 rings (SSSR count). The third kappa shape index (κ3) is 6.92. The summed E-state index contributed by atoms with van der Waals surface area (Å²) >= 11 is 0. The largest absolute Gasteiger partial charge is 0.309 e. The molecule has 0 saturated heterocycles. The predicted molar refractivity (Wildman–Crippen MR) is 286 cm³/mol. The number of nitriles is 1. The highest BCUT2D eigenvalue weighted by Gasteiger charge is 2.22. The van der Waals surface area contributed by atoms with Gasteiger partial charge in [0.2, 0.25) is 5.95 Å². The van der Waals surface area contributed by atoms with E-state index in [0.717, 1.165) is 83.0 Å². The molecule has 0 atom stereocenters. The molecule has 0 aliphatic carbocycles. The van der Waals surface area contributed by atoms with Crippen LogP contribution < -0.4 is 0 Å². The van der Waals surface area contributed by atoms with E-state index in [4.69, 9.17) is 15.0 Å². The van der Waals surface area contributed by atoms with E-state index in [1.165, 1.54) is 21.9 Å². The molecule has 0 fully saturated rings. The number of aromatic nitrogens is 5. The van der Waals surface area contributed by atoms with E-state index < -0.39 is 0 Å². The summed E-state index contributed by atoms with van der Waals surface area (Å²) in [6, 6.07) is 87.1. The first-order valence-corrected chi connectivity index (χ1v) is 23.4. The van der Waals surface area contributed by atoms with Crippen molar-refractivity contribution < 1.29 is 0 Å². The molecule has 0 bridgehead atoms. The van der Waals surface area contributed by atoms with Crippen LogP contribution in [0.4, 0.5) is 0 Å². The van der Waals surface area contributed by atoms with E-state index in [0.29, 0.717) is 23.2 Å². The Morgan fingerprint density at radius 2 is 0.786 bits per heavy atom. The standard InChI is InChI=1S/C64H40N6/c65-41-42-16-13-23-50(38-42)51-27-15-28-55-54-26-9-12-31-59(54)70(61(51)55)64-67-62(45-19-5-2-6-20-45)66-63(68-64)46-34-32-44(33-35-46)56-40-49(48-22-14-21-47(39-48)43-17-3-1-4-18-43)36-37-60(56)69-57-29-10-7-24-52(57)53-25-8-11-30-58(53)69/h1-40H. The molecule has 10 aromatic carbocycles. The van der Waals surface area contributed by atoms with Crippen LogP contribution in [-0.2, 0) is 0 Å². The van der Waals surface area contributed by atoms with Gasteiger partial charge in [-0.25, -0.2) is 4.98 Å². The van der Waals surface area contributed by atoms with Crippen molar-refractivity contribution in [2.24, 2.45) is 0 Å². The van der Waals surface area contributed by atoms with Crippen molar-refractivity contribution in [3.63, 3.8) is 0 Å². The van der Waals surface area contributed by atoms with Crippen molar-refractivity contribution in [3.8, 4) is 85.0 Å². The molecule has 0 saturated carbocycles. The molecule has 326 valence electrons. The lowest BCUT2D eigenvalue weighted by molar-refractivity contribution is 0.954. The number of rotatable bonds is 8. The zero-order valence-electron chi connectivity index (χ0n) is 37.8. The van der Waals surface area contributed by atoms with Crippen LogP contribution in [0.25, 0.3) is 123 Å². The second kappa shape index (κ2) is 16.9. The maximum absolute atomic E-state index is 9.88. The van der Waals surface area contributed by atoms with Crippen molar-refractivity contribution >= 4 is 43.6 Å². The maximum atomic E-state index is 9.88. The Bertz CT molecular complexity index is 4130. The van der Waals surface area contributed by atoms with Gasteiger partial charge in [-0.05, 0) is 81.9 Å². The van der Waals surface area contributed by atoms with Crippen LogP contribution in [0.5, 0.6) is 0 Å². The Kier molecular flexibility index (Phi) is 9.78. The van der Waals surface area contributed by atoms with Crippen molar-refractivity contribution in [1.29, 1.82) is 5.26 Å². The Morgan fingerprint density at radius 3 is 1.46 bits per heavy atom. The molecule has 3 heterocycles. The van der Waals surface area contributed by atoms with E-state index in [1.54, 1.807) is 0 Å². The highest BCUT2D eigenvalue weighted by Crippen LogP contribution is 2.41. The molecule has 0 aliphatic heterocycles. The molecule has 6 nitrogen and oxygen atoms in total. The Morgan fingerprint density at radius 1 is 0.314 bits per heavy atom. The van der Waals surface area contributed by atoms with Gasteiger partial charge in [-0.3, -0.25) is 4.57 Å². The minimum Gasteiger partial charge on any atom is -0.309 e. The fraction of sp³-hybridized carbons (Fsp3) is 0. The van der Waals surface area contributed by atoms with E-state index in [-0.39, 0.29) is 0 Å². The lowest BCUT2D eigenvalue weighted by atomic mass is 9.94. The highest BCUT2D eigenvalue weighted by molar-refractivity contribution is 6.14. The van der Waals surface area contributed by atoms with Crippen LogP contribution >= 0.6 is 0 Å². The molecule has 3 aromatic heterocycles. The minimum absolute atomic E-state index is 0.502. The maximum Gasteiger partial charge on any atom is 0.238 e. The predicted octanol–water partition coefficient (Wildman–Crippen LogP) is 15.9. The number of nitrogens with zero attached hydrogens (tertiary/aromatic N) is 6. The SMILES string of the molecule is N#Cc1cccc(-c2cccc3c4ccccc4n(-c4nc(-c5ccccc5)nc(-c5ccc(-c6cc(-c7cccc(-c8ccccc8)c7)ccc6-n6c7ccccc7c7ccccc76)cc5)n4)c23)c1. The van der Waals surface area contributed by atoms with Gasteiger partial charge in [-0.2, -0.15) is 15.2 Å². The summed E-state index contributed by atoms with van der Waals surface area (Å²) in [5, 5.41) is 14.5. The lowest BCUT2D eigenvalue weighted by Gasteiger charge is -2.17. The molecule has 0 spiro atoms. The zero-order valence-corrected chi connectivity index (χ0v) is 37.8. The number of benzene rings is 10. The summed E-state index contributed by atoms with van der Waals surface area (Å²) in [4.78, 5) is 15.8. The second-order valence-corrected chi connectivity index (χ2v) is 17.5. The first kappa shape index (κ1) is 40.6. The van der Waals surface area contributed by atoms with E-state index in [1.807, 2.05) is 48.5 Å². The number of hydrogen-bond acceptors (Lipinski definition) is 4. The molecule has 70 heavy (non-hydrogen) atoms. The minimum atomic E-state index is 0.502. The average molecular weight is 893 g/mol. The zero-order chi connectivity index (χ0) is 46.5. The van der Waals surface area contributed by atoms with Crippen LogP contribution in [0.15, 0.2) is 243 Å². The van der Waals surface area contributed by atoms with Crippen LogP contribution in [0.1, 0.15) is 5.56 Å². The van der Waals surface area contributed by atoms with Crippen molar-refractivity contribution in [3.05, 3.63) is 248 Å². The van der Waals surface area contributed by atoms with Gasteiger partial charge in [0.25, 0.3) is 0 Å². The molecule has 0 N–H and O–H groups in total.